The molecule has 0 amide bonds. The normalized spacial score (nSPS) is 14.5. The monoisotopic (exact) mass is 463 g/mol. The molecule has 6 nitrogen and oxygen atoms in total. The van der Waals surface area contributed by atoms with Crippen molar-refractivity contribution in [2.24, 2.45) is 14.1 Å². The van der Waals surface area contributed by atoms with Crippen LogP contribution in [-0.4, -0.2) is 13.7 Å². The largest absolute Gasteiger partial charge is 0.477 e. The van der Waals surface area contributed by atoms with Gasteiger partial charge in [-0.2, -0.15) is 0 Å². The topological polar surface area (TPSA) is 58.2 Å². The van der Waals surface area contributed by atoms with Gasteiger partial charge in [-0.05, 0) is 37.1 Å². The molecule has 1 unspecified atom stereocenters. The van der Waals surface area contributed by atoms with Gasteiger partial charge in [-0.15, -0.1) is 0 Å². The first-order valence-corrected chi connectivity index (χ1v) is 11.6. The van der Waals surface area contributed by atoms with Crippen molar-refractivity contribution in [3.05, 3.63) is 116 Å². The fraction of sp³-hybridized carbons (Fsp3) is 0.172. The molecule has 1 aliphatic rings. The molecular formula is C29H25N3O3. The van der Waals surface area contributed by atoms with Crippen LogP contribution in [0.4, 0.5) is 0 Å². The van der Waals surface area contributed by atoms with E-state index in [9.17, 15) is 9.59 Å². The number of ether oxygens (including phenoxy) is 1. The lowest BCUT2D eigenvalue weighted by Crippen LogP contribution is -2.37. The van der Waals surface area contributed by atoms with Crippen LogP contribution in [-0.2, 0) is 14.1 Å². The molecule has 5 aromatic rings. The molecule has 0 bridgehead atoms. The maximum atomic E-state index is 13.7. The summed E-state index contributed by atoms with van der Waals surface area (Å²) in [5.74, 6) is 0.723. The van der Waals surface area contributed by atoms with Crippen molar-refractivity contribution in [1.29, 1.82) is 0 Å². The molecule has 0 fully saturated rings. The van der Waals surface area contributed by atoms with Crippen molar-refractivity contribution in [2.45, 2.75) is 20.0 Å². The van der Waals surface area contributed by atoms with Crippen LogP contribution in [0.3, 0.4) is 0 Å². The number of hydrogen-bond donors (Lipinski definition) is 0. The van der Waals surface area contributed by atoms with E-state index in [-0.39, 0.29) is 11.2 Å². The molecule has 6 rings (SSSR count). The van der Waals surface area contributed by atoms with Gasteiger partial charge in [0, 0.05) is 14.1 Å². The average Bonchev–Trinajstić information content (AvgIpc) is 3.23. The first-order chi connectivity index (χ1) is 16.9. The third-order valence-corrected chi connectivity index (χ3v) is 6.91. The Labute approximate surface area is 202 Å². The molecule has 174 valence electrons. The fourth-order valence-electron chi connectivity index (χ4n) is 5.06. The Balaban J connectivity index is 1.85. The van der Waals surface area contributed by atoms with Crippen molar-refractivity contribution < 1.29 is 4.74 Å². The van der Waals surface area contributed by atoms with Crippen LogP contribution in [0.5, 0.6) is 5.75 Å². The Morgan fingerprint density at radius 2 is 1.40 bits per heavy atom. The second-order valence-electron chi connectivity index (χ2n) is 9.24. The quantitative estimate of drug-likeness (QED) is 0.378. The van der Waals surface area contributed by atoms with E-state index in [0.717, 1.165) is 45.1 Å². The summed E-state index contributed by atoms with van der Waals surface area (Å²) in [6.07, 6.45) is -0.495. The molecule has 1 aliphatic heterocycles. The van der Waals surface area contributed by atoms with Gasteiger partial charge in [-0.3, -0.25) is 13.9 Å². The standard InChI is InChI=1S/C29H25N3O3/c1-17-9-13-19(14-10-17)24-23-25(30(3)29(34)31(4)28(23)33)26-27(20-15-11-18(2)12-16-20)35-22-8-6-5-7-21(22)32(24)26/h5-16,27H,1-4H3. The second-order valence-corrected chi connectivity index (χ2v) is 9.24. The zero-order valence-electron chi connectivity index (χ0n) is 20.1. The third-order valence-electron chi connectivity index (χ3n) is 6.91. The average molecular weight is 464 g/mol. The lowest BCUT2D eigenvalue weighted by Gasteiger charge is -2.30. The summed E-state index contributed by atoms with van der Waals surface area (Å²) in [6, 6.07) is 24.2. The van der Waals surface area contributed by atoms with Crippen molar-refractivity contribution >= 4 is 10.9 Å². The Bertz CT molecular complexity index is 1740. The van der Waals surface area contributed by atoms with E-state index in [2.05, 4.69) is 4.57 Å². The Morgan fingerprint density at radius 1 is 0.771 bits per heavy atom. The summed E-state index contributed by atoms with van der Waals surface area (Å²) in [5, 5.41) is 0.505. The van der Waals surface area contributed by atoms with Crippen LogP contribution in [0.25, 0.3) is 27.8 Å². The smallest absolute Gasteiger partial charge is 0.331 e. The minimum absolute atomic E-state index is 0.319. The minimum Gasteiger partial charge on any atom is -0.477 e. The van der Waals surface area contributed by atoms with E-state index < -0.39 is 6.10 Å². The van der Waals surface area contributed by atoms with Gasteiger partial charge in [-0.1, -0.05) is 71.8 Å². The first kappa shape index (κ1) is 21.2. The number of fused-ring (bicyclic) bond motifs is 5. The summed E-state index contributed by atoms with van der Waals surface area (Å²) in [4.78, 5) is 26.8. The van der Waals surface area contributed by atoms with Crippen molar-refractivity contribution in [3.63, 3.8) is 0 Å². The van der Waals surface area contributed by atoms with Crippen molar-refractivity contribution in [1.82, 2.24) is 13.7 Å². The number of para-hydroxylation sites is 2. The Hall–Kier alpha value is -4.32. The van der Waals surface area contributed by atoms with E-state index in [1.165, 1.54) is 11.6 Å². The summed E-state index contributed by atoms with van der Waals surface area (Å²) >= 11 is 0. The molecule has 0 saturated carbocycles. The van der Waals surface area contributed by atoms with Gasteiger partial charge >= 0.3 is 5.69 Å². The van der Waals surface area contributed by atoms with E-state index in [4.69, 9.17) is 4.74 Å². The summed E-state index contributed by atoms with van der Waals surface area (Å²) in [5.41, 5.74) is 6.41. The maximum absolute atomic E-state index is 13.7. The zero-order valence-corrected chi connectivity index (χ0v) is 20.1. The van der Waals surface area contributed by atoms with Crippen LogP contribution < -0.4 is 16.0 Å². The Morgan fingerprint density at radius 3 is 2.09 bits per heavy atom. The van der Waals surface area contributed by atoms with Gasteiger partial charge in [0.25, 0.3) is 5.56 Å². The molecule has 1 atom stereocenters. The SMILES string of the molecule is Cc1ccc(-c2c3c(=O)n(C)c(=O)n(C)c3c3n2-c2ccccc2OC3c2ccc(C)cc2)cc1. The predicted molar refractivity (Wildman–Crippen MR) is 138 cm³/mol. The highest BCUT2D eigenvalue weighted by atomic mass is 16.5. The number of rotatable bonds is 2. The van der Waals surface area contributed by atoms with E-state index in [1.807, 2.05) is 86.6 Å². The molecule has 0 N–H and O–H groups in total. The minimum atomic E-state index is -0.495. The lowest BCUT2D eigenvalue weighted by atomic mass is 10.0. The summed E-state index contributed by atoms with van der Waals surface area (Å²) < 4.78 is 11.4. The van der Waals surface area contributed by atoms with E-state index in [0.29, 0.717) is 10.9 Å². The molecule has 0 saturated heterocycles. The van der Waals surface area contributed by atoms with Gasteiger partial charge in [0.05, 0.1) is 28.0 Å². The van der Waals surface area contributed by atoms with Gasteiger partial charge in [0.15, 0.2) is 6.10 Å². The third kappa shape index (κ3) is 3.03. The zero-order chi connectivity index (χ0) is 24.4. The molecule has 3 aromatic carbocycles. The number of benzene rings is 3. The van der Waals surface area contributed by atoms with Crippen LogP contribution in [0, 0.1) is 13.8 Å². The van der Waals surface area contributed by atoms with E-state index >= 15 is 0 Å². The fourth-order valence-corrected chi connectivity index (χ4v) is 5.06. The van der Waals surface area contributed by atoms with Crippen LogP contribution in [0.2, 0.25) is 0 Å². The van der Waals surface area contributed by atoms with Gasteiger partial charge in [0.2, 0.25) is 0 Å². The molecule has 6 heteroatoms. The molecular weight excluding hydrogens is 438 g/mol. The molecule has 3 heterocycles. The summed E-state index contributed by atoms with van der Waals surface area (Å²) in [6.45, 7) is 4.08. The number of aryl methyl sites for hydroxylation is 3. The van der Waals surface area contributed by atoms with Crippen LogP contribution in [0.15, 0.2) is 82.4 Å². The summed E-state index contributed by atoms with van der Waals surface area (Å²) in [7, 11) is 3.25. The Kier molecular flexibility index (Phi) is 4.61. The first-order valence-electron chi connectivity index (χ1n) is 11.6. The van der Waals surface area contributed by atoms with E-state index in [1.54, 1.807) is 11.6 Å². The van der Waals surface area contributed by atoms with Gasteiger partial charge in [-0.25, -0.2) is 4.79 Å². The van der Waals surface area contributed by atoms with Crippen LogP contribution >= 0.6 is 0 Å². The highest BCUT2D eigenvalue weighted by Crippen LogP contribution is 2.46. The molecule has 2 aromatic heterocycles. The number of aromatic nitrogens is 3. The maximum Gasteiger partial charge on any atom is 0.331 e. The number of nitrogens with zero attached hydrogens (tertiary/aromatic N) is 3. The molecule has 0 spiro atoms. The molecule has 35 heavy (non-hydrogen) atoms. The van der Waals surface area contributed by atoms with Gasteiger partial charge in [0.1, 0.15) is 5.75 Å². The second kappa shape index (κ2) is 7.60. The van der Waals surface area contributed by atoms with Gasteiger partial charge < -0.3 is 9.30 Å². The number of hydrogen-bond acceptors (Lipinski definition) is 3. The predicted octanol–water partition coefficient (Wildman–Crippen LogP) is 4.79. The highest BCUT2D eigenvalue weighted by Gasteiger charge is 2.36. The van der Waals surface area contributed by atoms with Crippen molar-refractivity contribution in [2.75, 3.05) is 0 Å². The van der Waals surface area contributed by atoms with Crippen molar-refractivity contribution in [3.8, 4) is 22.7 Å². The highest BCUT2D eigenvalue weighted by molar-refractivity contribution is 5.98. The molecule has 0 aliphatic carbocycles. The lowest BCUT2D eigenvalue weighted by molar-refractivity contribution is 0.229. The molecule has 0 radical (unpaired) electrons. The van der Waals surface area contributed by atoms with Crippen LogP contribution in [0.1, 0.15) is 28.5 Å².